The van der Waals surface area contributed by atoms with Crippen LogP contribution in [0.4, 0.5) is 25.2 Å². The molecule has 0 amide bonds. The largest absolute Gasteiger partial charge is 0.285 e. The Morgan fingerprint density at radius 2 is 1.22 bits per heavy atom. The zero-order chi connectivity index (χ0) is 23.0. The van der Waals surface area contributed by atoms with Gasteiger partial charge < -0.3 is 0 Å². The Hall–Kier alpha value is -3.73. The van der Waals surface area contributed by atoms with Gasteiger partial charge in [0, 0.05) is 12.4 Å². The van der Waals surface area contributed by atoms with Crippen molar-refractivity contribution in [2.45, 2.75) is 0 Å². The first-order valence-corrected chi connectivity index (χ1v) is 10.8. The molecule has 3 aromatic heterocycles. The number of carbonyl (C=O) groups excluding carboxylic acids is 1. The topological polar surface area (TPSA) is 86.4 Å². The fourth-order valence-electron chi connectivity index (χ4n) is 3.32. The summed E-state index contributed by atoms with van der Waals surface area (Å²) in [6, 6.07) is 11.4. The standard InChI is InChI=1S/C18H8N6O.F6P/c25-18-16-15(19-5-6-20-16)17-23-13-7-11-12(8-14(13)24(17)18)22-10-4-2-1-3-9(10)21-11;1-7(2,3,4,5)6/h1-8H;/q;-1. The van der Waals surface area contributed by atoms with Gasteiger partial charge in [-0.1, -0.05) is 12.1 Å². The number of hydrogen-bond donors (Lipinski definition) is 0. The van der Waals surface area contributed by atoms with Gasteiger partial charge in [0.05, 0.1) is 33.1 Å². The van der Waals surface area contributed by atoms with Crippen molar-refractivity contribution in [3.8, 4) is 11.5 Å². The van der Waals surface area contributed by atoms with Gasteiger partial charge in [0.25, 0.3) is 5.91 Å². The first-order valence-electron chi connectivity index (χ1n) is 8.76. The molecule has 0 unspecified atom stereocenters. The molecule has 0 spiro atoms. The average Bonchev–Trinajstić information content (AvgIpc) is 3.18. The Labute approximate surface area is 173 Å². The summed E-state index contributed by atoms with van der Waals surface area (Å²) in [7, 11) is -10.7. The maximum Gasteiger partial charge on any atom is 0.285 e. The first kappa shape index (κ1) is 20.2. The van der Waals surface area contributed by atoms with E-state index in [2.05, 4.69) is 24.9 Å². The third-order valence-corrected chi connectivity index (χ3v) is 4.43. The molecule has 0 bridgehead atoms. The van der Waals surface area contributed by atoms with Crippen molar-refractivity contribution >= 4 is 46.8 Å². The van der Waals surface area contributed by atoms with Crippen LogP contribution in [0.15, 0.2) is 48.8 Å². The van der Waals surface area contributed by atoms with E-state index in [1.54, 1.807) is 10.8 Å². The second kappa shape index (κ2) is 5.74. The zero-order valence-corrected chi connectivity index (χ0v) is 16.3. The number of rotatable bonds is 0. The van der Waals surface area contributed by atoms with Crippen LogP contribution in [0.5, 0.6) is 0 Å². The van der Waals surface area contributed by atoms with Gasteiger partial charge >= 0.3 is 33.0 Å². The molecule has 0 atom stereocenters. The summed E-state index contributed by atoms with van der Waals surface area (Å²) >= 11 is 0. The van der Waals surface area contributed by atoms with E-state index in [0.717, 1.165) is 22.1 Å². The fraction of sp³-hybridized carbons (Fsp3) is 0. The van der Waals surface area contributed by atoms with Gasteiger partial charge in [-0.25, -0.2) is 24.9 Å². The first-order chi connectivity index (χ1) is 14.7. The van der Waals surface area contributed by atoms with E-state index >= 15 is 0 Å². The second-order valence-electron chi connectivity index (χ2n) is 6.83. The molecule has 7 nitrogen and oxygen atoms in total. The van der Waals surface area contributed by atoms with Crippen LogP contribution in [0.3, 0.4) is 0 Å². The van der Waals surface area contributed by atoms with Gasteiger partial charge in [-0.05, 0) is 24.3 Å². The molecule has 0 aliphatic carbocycles. The monoisotopic (exact) mass is 469 g/mol. The van der Waals surface area contributed by atoms with E-state index < -0.39 is 7.81 Å². The maximum atomic E-state index is 12.7. The second-order valence-corrected chi connectivity index (χ2v) is 8.75. The maximum absolute atomic E-state index is 12.7. The van der Waals surface area contributed by atoms with Gasteiger partial charge in [-0.15, -0.1) is 0 Å². The zero-order valence-electron chi connectivity index (χ0n) is 15.4. The molecule has 0 saturated heterocycles. The molecule has 6 rings (SSSR count). The van der Waals surface area contributed by atoms with E-state index in [0.29, 0.717) is 28.2 Å². The smallest absolute Gasteiger partial charge is 0.266 e. The molecule has 1 aliphatic heterocycles. The van der Waals surface area contributed by atoms with Crippen molar-refractivity contribution in [3.63, 3.8) is 0 Å². The predicted molar refractivity (Wildman–Crippen MR) is 105 cm³/mol. The molecule has 32 heavy (non-hydrogen) atoms. The van der Waals surface area contributed by atoms with E-state index in [1.165, 1.54) is 6.20 Å². The summed E-state index contributed by atoms with van der Waals surface area (Å²) < 4.78 is 60.7. The summed E-state index contributed by atoms with van der Waals surface area (Å²) in [5, 5.41) is 0. The van der Waals surface area contributed by atoms with Crippen molar-refractivity contribution in [2.75, 3.05) is 0 Å². The molecule has 164 valence electrons. The molecule has 2 aromatic carbocycles. The predicted octanol–water partition coefficient (Wildman–Crippen LogP) is 5.97. The van der Waals surface area contributed by atoms with Crippen molar-refractivity contribution in [1.29, 1.82) is 0 Å². The summed E-state index contributed by atoms with van der Waals surface area (Å²) in [5.74, 6) is 0.302. The minimum absolute atomic E-state index is 0.214. The normalized spacial score (nSPS) is 15.1. The number of carbonyl (C=O) groups is 1. The third-order valence-electron chi connectivity index (χ3n) is 4.43. The van der Waals surface area contributed by atoms with E-state index in [4.69, 9.17) is 0 Å². The van der Waals surface area contributed by atoms with Gasteiger partial charge in [-0.3, -0.25) is 9.36 Å². The minimum atomic E-state index is -10.7. The fourth-order valence-corrected chi connectivity index (χ4v) is 3.32. The Kier molecular flexibility index (Phi) is 3.62. The SMILES string of the molecule is F[P-](F)(F)(F)(F)F.O=C1c2nccnc2-c2nc3cc4nc5ccccc5nc4cc3n21. The van der Waals surface area contributed by atoms with Crippen molar-refractivity contribution < 1.29 is 30.0 Å². The number of fused-ring (bicyclic) bond motifs is 7. The van der Waals surface area contributed by atoms with E-state index in [-0.39, 0.29) is 5.91 Å². The van der Waals surface area contributed by atoms with Crippen LogP contribution in [-0.4, -0.2) is 35.4 Å². The average molecular weight is 469 g/mol. The molecular formula is C18H8F6N6OP-. The summed E-state index contributed by atoms with van der Waals surface area (Å²) in [6.07, 6.45) is 3.08. The number of hydrogen-bond acceptors (Lipinski definition) is 6. The molecule has 0 saturated carbocycles. The Morgan fingerprint density at radius 1 is 0.688 bits per heavy atom. The van der Waals surface area contributed by atoms with Crippen LogP contribution in [0, 0.1) is 0 Å². The number of imidazole rings is 1. The molecule has 14 heteroatoms. The van der Waals surface area contributed by atoms with Crippen LogP contribution >= 0.6 is 7.81 Å². The van der Waals surface area contributed by atoms with E-state index in [1.807, 2.05) is 36.4 Å². The minimum Gasteiger partial charge on any atom is -0.266 e. The summed E-state index contributed by atoms with van der Waals surface area (Å²) in [6.45, 7) is 0. The van der Waals surface area contributed by atoms with Crippen LogP contribution in [0.2, 0.25) is 0 Å². The molecule has 1 aliphatic rings. The van der Waals surface area contributed by atoms with Crippen molar-refractivity contribution in [1.82, 2.24) is 29.5 Å². The molecule has 0 radical (unpaired) electrons. The Bertz CT molecular complexity index is 1590. The van der Waals surface area contributed by atoms with Crippen LogP contribution in [-0.2, 0) is 0 Å². The number of benzene rings is 2. The van der Waals surface area contributed by atoms with Crippen LogP contribution in [0.25, 0.3) is 44.6 Å². The van der Waals surface area contributed by atoms with Crippen LogP contribution in [0.1, 0.15) is 10.5 Å². The third kappa shape index (κ3) is 3.82. The number of aromatic nitrogens is 6. The van der Waals surface area contributed by atoms with Gasteiger partial charge in [0.2, 0.25) is 0 Å². The molecule has 0 N–H and O–H groups in total. The molecule has 0 fully saturated rings. The quantitative estimate of drug-likeness (QED) is 0.155. The molecule has 5 aromatic rings. The van der Waals surface area contributed by atoms with Gasteiger partial charge in [0.1, 0.15) is 5.69 Å². The van der Waals surface area contributed by atoms with Gasteiger partial charge in [-0.2, -0.15) is 0 Å². The number of halogens is 6. The molecular weight excluding hydrogens is 461 g/mol. The summed E-state index contributed by atoms with van der Waals surface area (Å²) in [5.41, 5.74) is 5.33. The Morgan fingerprint density at radius 3 is 1.81 bits per heavy atom. The van der Waals surface area contributed by atoms with Crippen molar-refractivity contribution in [2.24, 2.45) is 0 Å². The van der Waals surface area contributed by atoms with Crippen molar-refractivity contribution in [3.05, 3.63) is 54.5 Å². The van der Waals surface area contributed by atoms with Crippen LogP contribution < -0.4 is 0 Å². The number of para-hydroxylation sites is 2. The molecule has 4 heterocycles. The van der Waals surface area contributed by atoms with Gasteiger partial charge in [0.15, 0.2) is 11.5 Å². The number of nitrogens with zero attached hydrogens (tertiary/aromatic N) is 6. The summed E-state index contributed by atoms with van der Waals surface area (Å²) in [4.78, 5) is 35.0. The van der Waals surface area contributed by atoms with E-state index in [9.17, 15) is 30.0 Å². The Balaban J connectivity index is 0.000000272.